The fourth-order valence-electron chi connectivity index (χ4n) is 1.05. The molecule has 1 aliphatic rings. The molecule has 0 saturated heterocycles. The summed E-state index contributed by atoms with van der Waals surface area (Å²) >= 11 is 0. The molecule has 0 aromatic heterocycles. The van der Waals surface area contributed by atoms with Gasteiger partial charge in [0.25, 0.3) is 0 Å². The first-order valence-electron chi connectivity index (χ1n) is 3.41. The monoisotopic (exact) mass is 149 g/mol. The van der Waals surface area contributed by atoms with Crippen LogP contribution in [0.25, 0.3) is 0 Å². The van der Waals surface area contributed by atoms with Crippen LogP contribution in [0.2, 0.25) is 0 Å². The largest absolute Gasteiger partial charge is 0.489 e. The van der Waals surface area contributed by atoms with E-state index in [2.05, 4.69) is 0 Å². The Morgan fingerprint density at radius 1 is 1.55 bits per heavy atom. The van der Waals surface area contributed by atoms with Crippen LogP contribution in [0.5, 0.6) is 0 Å². The number of nitrogens with zero attached hydrogens (tertiary/aromatic N) is 1. The van der Waals surface area contributed by atoms with Crippen molar-refractivity contribution in [2.75, 3.05) is 0 Å². The van der Waals surface area contributed by atoms with Gasteiger partial charge in [-0.15, -0.1) is 0 Å². The molecule has 4 heteroatoms. The second kappa shape index (κ2) is 3.38. The molecule has 0 unspecified atom stereocenters. The maximum absolute atomic E-state index is 8.77. The van der Waals surface area contributed by atoms with Gasteiger partial charge in [-0.25, -0.2) is 0 Å². The summed E-state index contributed by atoms with van der Waals surface area (Å²) in [6.07, 6.45) is 4.83. The summed E-state index contributed by atoms with van der Waals surface area (Å²) in [5, 5.41) is 26.1. The van der Waals surface area contributed by atoms with Gasteiger partial charge in [0, 0.05) is 5.57 Å². The van der Waals surface area contributed by atoms with E-state index in [1.54, 1.807) is 6.08 Å². The zero-order valence-corrected chi connectivity index (χ0v) is 5.99. The molecule has 0 atom stereocenters. The molecule has 3 nitrogen and oxygen atoms in total. The van der Waals surface area contributed by atoms with Crippen molar-refractivity contribution < 1.29 is 10.0 Å². The summed E-state index contributed by atoms with van der Waals surface area (Å²) in [6.45, 7) is 0. The minimum Gasteiger partial charge on any atom is -0.423 e. The maximum Gasteiger partial charge on any atom is 0.489 e. The Bertz CT molecular complexity index is 250. The predicted molar refractivity (Wildman–Crippen MR) is 41.2 cm³/mol. The highest BCUT2D eigenvalue weighted by atomic mass is 16.4. The number of allylic oxidation sites excluding steroid dienone is 4. The molecule has 1 rings (SSSR count). The van der Waals surface area contributed by atoms with E-state index < -0.39 is 7.12 Å². The summed E-state index contributed by atoms with van der Waals surface area (Å²) in [6, 6.07) is 1.94. The first-order valence-corrected chi connectivity index (χ1v) is 3.41. The van der Waals surface area contributed by atoms with Crippen LogP contribution in [0, 0.1) is 11.3 Å². The quantitative estimate of drug-likeness (QED) is 0.522. The molecule has 0 spiro atoms. The Kier molecular flexibility index (Phi) is 2.47. The highest BCUT2D eigenvalue weighted by Gasteiger charge is 2.18. The molecular weight excluding hydrogens is 141 g/mol. The van der Waals surface area contributed by atoms with E-state index >= 15 is 0 Å². The number of hydrogen-bond acceptors (Lipinski definition) is 3. The van der Waals surface area contributed by atoms with Crippen molar-refractivity contribution in [1.29, 1.82) is 5.26 Å². The number of rotatable bonds is 1. The standard InChI is InChI=1S/C7H8BNO2/c9-5-6-3-1-2-4-7(6)8(10)11/h2,4,10-11H,1,3H2. The molecule has 11 heavy (non-hydrogen) atoms. The van der Waals surface area contributed by atoms with Crippen LogP contribution in [0.1, 0.15) is 12.8 Å². The minimum atomic E-state index is -1.51. The Labute approximate surface area is 65.4 Å². The van der Waals surface area contributed by atoms with Crippen molar-refractivity contribution in [2.45, 2.75) is 12.8 Å². The second-order valence-electron chi connectivity index (χ2n) is 2.36. The van der Waals surface area contributed by atoms with Gasteiger partial charge >= 0.3 is 7.12 Å². The molecule has 0 amide bonds. The summed E-state index contributed by atoms with van der Waals surface area (Å²) in [4.78, 5) is 0. The van der Waals surface area contributed by atoms with Gasteiger partial charge in [0.05, 0.1) is 6.07 Å². The number of hydrogen-bond donors (Lipinski definition) is 2. The lowest BCUT2D eigenvalue weighted by Gasteiger charge is -2.08. The van der Waals surface area contributed by atoms with Gasteiger partial charge in [0.2, 0.25) is 0 Å². The third-order valence-corrected chi connectivity index (χ3v) is 1.62. The fraction of sp³-hybridized carbons (Fsp3) is 0.286. The normalized spacial score (nSPS) is 16.5. The SMILES string of the molecule is N#CC1=C(B(O)O)C=CCC1. The van der Waals surface area contributed by atoms with E-state index in [0.29, 0.717) is 17.5 Å². The molecule has 0 bridgehead atoms. The van der Waals surface area contributed by atoms with Gasteiger partial charge in [0.15, 0.2) is 0 Å². The van der Waals surface area contributed by atoms with Crippen LogP contribution in [0.15, 0.2) is 23.2 Å². The Morgan fingerprint density at radius 3 is 2.73 bits per heavy atom. The lowest BCUT2D eigenvalue weighted by molar-refractivity contribution is 0.420. The third-order valence-electron chi connectivity index (χ3n) is 1.62. The Hall–Kier alpha value is -1.05. The maximum atomic E-state index is 8.77. The van der Waals surface area contributed by atoms with E-state index in [1.807, 2.05) is 12.1 Å². The van der Waals surface area contributed by atoms with E-state index in [9.17, 15) is 0 Å². The zero-order chi connectivity index (χ0) is 8.27. The van der Waals surface area contributed by atoms with Crippen molar-refractivity contribution in [1.82, 2.24) is 0 Å². The molecule has 0 saturated carbocycles. The molecule has 2 N–H and O–H groups in total. The minimum absolute atomic E-state index is 0.332. The van der Waals surface area contributed by atoms with Gasteiger partial charge in [0.1, 0.15) is 0 Å². The van der Waals surface area contributed by atoms with E-state index in [0.717, 1.165) is 6.42 Å². The first kappa shape index (κ1) is 8.06. The lowest BCUT2D eigenvalue weighted by atomic mass is 9.73. The van der Waals surface area contributed by atoms with E-state index in [-0.39, 0.29) is 0 Å². The second-order valence-corrected chi connectivity index (χ2v) is 2.36. The van der Waals surface area contributed by atoms with Crippen LogP contribution < -0.4 is 0 Å². The molecule has 0 aromatic carbocycles. The Balaban J connectivity index is 2.94. The molecule has 0 aromatic rings. The molecule has 0 heterocycles. The molecule has 0 aliphatic heterocycles. The summed E-state index contributed by atoms with van der Waals surface area (Å²) < 4.78 is 0. The predicted octanol–water partition coefficient (Wildman–Crippen LogP) is 0.169. The van der Waals surface area contributed by atoms with Crippen LogP contribution in [-0.4, -0.2) is 17.2 Å². The topological polar surface area (TPSA) is 64.2 Å². The van der Waals surface area contributed by atoms with Crippen LogP contribution in [0.3, 0.4) is 0 Å². The molecule has 0 radical (unpaired) electrons. The van der Waals surface area contributed by atoms with Crippen LogP contribution in [0.4, 0.5) is 0 Å². The first-order chi connectivity index (χ1) is 5.25. The molecule has 56 valence electrons. The Morgan fingerprint density at radius 2 is 2.27 bits per heavy atom. The van der Waals surface area contributed by atoms with Crippen molar-refractivity contribution in [2.24, 2.45) is 0 Å². The van der Waals surface area contributed by atoms with Gasteiger partial charge in [-0.3, -0.25) is 0 Å². The van der Waals surface area contributed by atoms with E-state index in [4.69, 9.17) is 15.3 Å². The van der Waals surface area contributed by atoms with Crippen molar-refractivity contribution in [3.8, 4) is 6.07 Å². The van der Waals surface area contributed by atoms with Gasteiger partial charge in [-0.1, -0.05) is 12.2 Å². The van der Waals surface area contributed by atoms with E-state index in [1.165, 1.54) is 0 Å². The van der Waals surface area contributed by atoms with Crippen LogP contribution >= 0.6 is 0 Å². The highest BCUT2D eigenvalue weighted by Crippen LogP contribution is 2.18. The van der Waals surface area contributed by atoms with Gasteiger partial charge in [-0.2, -0.15) is 5.26 Å². The average Bonchev–Trinajstić information content (AvgIpc) is 2.04. The summed E-state index contributed by atoms with van der Waals surface area (Å²) in [7, 11) is -1.51. The third kappa shape index (κ3) is 1.70. The van der Waals surface area contributed by atoms with Crippen molar-refractivity contribution in [3.63, 3.8) is 0 Å². The van der Waals surface area contributed by atoms with Gasteiger partial charge < -0.3 is 10.0 Å². The summed E-state index contributed by atoms with van der Waals surface area (Å²) in [5.74, 6) is 0. The van der Waals surface area contributed by atoms with Gasteiger partial charge in [-0.05, 0) is 18.3 Å². The van der Waals surface area contributed by atoms with Crippen molar-refractivity contribution in [3.05, 3.63) is 23.2 Å². The number of nitriles is 1. The van der Waals surface area contributed by atoms with Crippen LogP contribution in [-0.2, 0) is 0 Å². The smallest absolute Gasteiger partial charge is 0.423 e. The average molecular weight is 149 g/mol. The summed E-state index contributed by atoms with van der Waals surface area (Å²) in [5.41, 5.74) is 0.807. The fourth-order valence-corrected chi connectivity index (χ4v) is 1.05. The molecule has 0 fully saturated rings. The highest BCUT2D eigenvalue weighted by molar-refractivity contribution is 6.52. The molecule has 1 aliphatic carbocycles. The zero-order valence-electron chi connectivity index (χ0n) is 5.99. The van der Waals surface area contributed by atoms with Crippen molar-refractivity contribution >= 4 is 7.12 Å². The lowest BCUT2D eigenvalue weighted by Crippen LogP contribution is -2.17. The molecular formula is C7H8BNO2.